The lowest BCUT2D eigenvalue weighted by Gasteiger charge is -2.30. The van der Waals surface area contributed by atoms with Crippen LogP contribution >= 0.6 is 12.4 Å². The van der Waals surface area contributed by atoms with Crippen molar-refractivity contribution in [2.24, 2.45) is 11.8 Å². The number of benzene rings is 1. The normalized spacial score (nSPS) is 29.2. The Kier molecular flexibility index (Phi) is 6.57. The molecule has 2 bridgehead atoms. The van der Waals surface area contributed by atoms with E-state index in [0.29, 0.717) is 30.3 Å². The maximum Gasteiger partial charge on any atom is 0.220 e. The first-order valence-electron chi connectivity index (χ1n) is 9.98. The molecule has 2 aliphatic heterocycles. The van der Waals surface area contributed by atoms with Crippen LogP contribution in [0.15, 0.2) is 24.3 Å². The fourth-order valence-corrected chi connectivity index (χ4v) is 5.30. The Morgan fingerprint density at radius 1 is 1.15 bits per heavy atom. The Bertz CT molecular complexity index is 608. The summed E-state index contributed by atoms with van der Waals surface area (Å²) >= 11 is 0. The van der Waals surface area contributed by atoms with Crippen LogP contribution in [0.1, 0.15) is 69.4 Å². The van der Waals surface area contributed by atoms with E-state index in [1.807, 2.05) is 6.07 Å². The zero-order valence-electron chi connectivity index (χ0n) is 15.3. The highest BCUT2D eigenvalue weighted by molar-refractivity contribution is 5.85. The molecular weight excluding hydrogens is 351 g/mol. The number of halogens is 2. The summed E-state index contributed by atoms with van der Waals surface area (Å²) in [5, 5.41) is 6.91. The number of rotatable bonds is 5. The number of hydrogen-bond donors (Lipinski definition) is 2. The van der Waals surface area contributed by atoms with Crippen molar-refractivity contribution < 1.29 is 9.18 Å². The third kappa shape index (κ3) is 4.58. The Hall–Kier alpha value is -1.13. The molecule has 2 heterocycles. The van der Waals surface area contributed by atoms with E-state index >= 15 is 0 Å². The molecule has 0 spiro atoms. The largest absolute Gasteiger partial charge is 0.349 e. The maximum atomic E-state index is 13.7. The zero-order chi connectivity index (χ0) is 17.2. The van der Waals surface area contributed by atoms with Crippen molar-refractivity contribution in [3.05, 3.63) is 35.6 Å². The molecule has 3 unspecified atom stereocenters. The van der Waals surface area contributed by atoms with Gasteiger partial charge >= 0.3 is 0 Å². The van der Waals surface area contributed by atoms with Gasteiger partial charge in [0, 0.05) is 18.5 Å². The fraction of sp³-hybridized carbons (Fsp3) is 0.667. The monoisotopic (exact) mass is 380 g/mol. The number of carbonyl (C=O) groups excluding carboxylic acids is 1. The summed E-state index contributed by atoms with van der Waals surface area (Å²) < 4.78 is 13.7. The predicted octanol–water partition coefficient (Wildman–Crippen LogP) is 4.52. The number of piperidine rings is 1. The molecule has 0 aromatic heterocycles. The SMILES string of the molecule is Cl.O=C(CC1CC2CCC(C1)N2)NC(c1cccc(F)c1)C1CCCC1. The van der Waals surface area contributed by atoms with Crippen LogP contribution in [0, 0.1) is 17.7 Å². The molecular formula is C21H30ClFN2O. The van der Waals surface area contributed by atoms with Gasteiger partial charge in [-0.05, 0) is 68.1 Å². The van der Waals surface area contributed by atoms with E-state index in [1.54, 1.807) is 12.1 Å². The number of fused-ring (bicyclic) bond motifs is 2. The molecule has 5 heteroatoms. The van der Waals surface area contributed by atoms with Crippen LogP contribution in [0.4, 0.5) is 4.39 Å². The molecule has 3 nitrogen and oxygen atoms in total. The van der Waals surface area contributed by atoms with Gasteiger partial charge in [0.2, 0.25) is 5.91 Å². The van der Waals surface area contributed by atoms with Crippen molar-refractivity contribution in [3.63, 3.8) is 0 Å². The number of nitrogens with one attached hydrogen (secondary N) is 2. The first-order chi connectivity index (χ1) is 12.2. The Labute approximate surface area is 161 Å². The van der Waals surface area contributed by atoms with Gasteiger partial charge in [0.05, 0.1) is 6.04 Å². The molecule has 3 fully saturated rings. The Morgan fingerprint density at radius 2 is 1.85 bits per heavy atom. The second-order valence-corrected chi connectivity index (χ2v) is 8.32. The molecule has 2 saturated heterocycles. The second-order valence-electron chi connectivity index (χ2n) is 8.32. The van der Waals surface area contributed by atoms with Gasteiger partial charge in [-0.1, -0.05) is 25.0 Å². The Morgan fingerprint density at radius 3 is 2.50 bits per heavy atom. The van der Waals surface area contributed by atoms with Crippen LogP contribution in [0.5, 0.6) is 0 Å². The van der Waals surface area contributed by atoms with E-state index in [9.17, 15) is 9.18 Å². The van der Waals surface area contributed by atoms with Gasteiger partial charge in [-0.3, -0.25) is 4.79 Å². The molecule has 2 N–H and O–H groups in total. The van der Waals surface area contributed by atoms with E-state index in [2.05, 4.69) is 10.6 Å². The van der Waals surface area contributed by atoms with Crippen LogP contribution in [-0.2, 0) is 4.79 Å². The maximum absolute atomic E-state index is 13.7. The molecule has 1 saturated carbocycles. The third-order valence-corrected chi connectivity index (χ3v) is 6.44. The summed E-state index contributed by atoms with van der Waals surface area (Å²) in [4.78, 5) is 12.7. The van der Waals surface area contributed by atoms with Crippen molar-refractivity contribution in [1.82, 2.24) is 10.6 Å². The lowest BCUT2D eigenvalue weighted by atomic mass is 9.88. The molecule has 3 aliphatic rings. The average molecular weight is 381 g/mol. The molecule has 1 aromatic rings. The standard InChI is InChI=1S/C21H29FN2O.ClH/c22-17-7-3-6-16(13-17)21(15-4-1-2-5-15)24-20(25)12-14-10-18-8-9-19(11-14)23-18;/h3,6-7,13-15,18-19,21,23H,1-2,4-5,8-12H2,(H,24,25);1H. The second kappa shape index (κ2) is 8.71. The van der Waals surface area contributed by atoms with Crippen molar-refractivity contribution in [2.45, 2.75) is 75.9 Å². The molecule has 26 heavy (non-hydrogen) atoms. The van der Waals surface area contributed by atoms with E-state index in [-0.39, 0.29) is 30.2 Å². The number of amides is 1. The van der Waals surface area contributed by atoms with Gasteiger partial charge in [-0.25, -0.2) is 4.39 Å². The summed E-state index contributed by atoms with van der Waals surface area (Å²) in [7, 11) is 0. The van der Waals surface area contributed by atoms with Crippen LogP contribution < -0.4 is 10.6 Å². The highest BCUT2D eigenvalue weighted by Crippen LogP contribution is 2.37. The molecule has 4 rings (SSSR count). The van der Waals surface area contributed by atoms with Crippen LogP contribution in [0.2, 0.25) is 0 Å². The van der Waals surface area contributed by atoms with Crippen molar-refractivity contribution in [2.75, 3.05) is 0 Å². The van der Waals surface area contributed by atoms with E-state index < -0.39 is 0 Å². The van der Waals surface area contributed by atoms with Gasteiger partial charge in [-0.2, -0.15) is 0 Å². The minimum atomic E-state index is -0.218. The molecule has 0 radical (unpaired) electrons. The average Bonchev–Trinajstić information content (AvgIpc) is 3.22. The molecule has 144 valence electrons. The predicted molar refractivity (Wildman–Crippen MR) is 104 cm³/mol. The van der Waals surface area contributed by atoms with E-state index in [0.717, 1.165) is 31.2 Å². The highest BCUT2D eigenvalue weighted by Gasteiger charge is 2.35. The summed E-state index contributed by atoms with van der Waals surface area (Å²) in [5.74, 6) is 0.863. The topological polar surface area (TPSA) is 41.1 Å². The van der Waals surface area contributed by atoms with Gasteiger partial charge in [0.1, 0.15) is 5.82 Å². The third-order valence-electron chi connectivity index (χ3n) is 6.44. The lowest BCUT2D eigenvalue weighted by Crippen LogP contribution is -2.40. The molecule has 1 amide bonds. The summed E-state index contributed by atoms with van der Waals surface area (Å²) in [5.41, 5.74) is 0.922. The highest BCUT2D eigenvalue weighted by atomic mass is 35.5. The van der Waals surface area contributed by atoms with Crippen molar-refractivity contribution in [1.29, 1.82) is 0 Å². The van der Waals surface area contributed by atoms with Gasteiger partial charge in [0.25, 0.3) is 0 Å². The van der Waals surface area contributed by atoms with Crippen LogP contribution in [0.3, 0.4) is 0 Å². The Balaban J connectivity index is 0.00000196. The first kappa shape index (κ1) is 19.6. The first-order valence-corrected chi connectivity index (χ1v) is 9.98. The fourth-order valence-electron chi connectivity index (χ4n) is 5.30. The van der Waals surface area contributed by atoms with Gasteiger partial charge in [0.15, 0.2) is 0 Å². The van der Waals surface area contributed by atoms with Crippen LogP contribution in [-0.4, -0.2) is 18.0 Å². The smallest absolute Gasteiger partial charge is 0.220 e. The minimum absolute atomic E-state index is 0. The van der Waals surface area contributed by atoms with Crippen molar-refractivity contribution in [3.8, 4) is 0 Å². The van der Waals surface area contributed by atoms with Gasteiger partial charge in [-0.15, -0.1) is 12.4 Å². The summed E-state index contributed by atoms with van der Waals surface area (Å²) in [6, 6.07) is 7.97. The summed E-state index contributed by atoms with van der Waals surface area (Å²) in [6.45, 7) is 0. The number of carbonyl (C=O) groups is 1. The minimum Gasteiger partial charge on any atom is -0.349 e. The lowest BCUT2D eigenvalue weighted by molar-refractivity contribution is -0.123. The summed E-state index contributed by atoms with van der Waals surface area (Å²) in [6.07, 6.45) is 10.1. The number of hydrogen-bond acceptors (Lipinski definition) is 2. The quantitative estimate of drug-likeness (QED) is 0.788. The molecule has 1 aromatic carbocycles. The van der Waals surface area contributed by atoms with Gasteiger partial charge < -0.3 is 10.6 Å². The van der Waals surface area contributed by atoms with E-state index in [1.165, 1.54) is 31.7 Å². The molecule has 3 atom stereocenters. The molecule has 1 aliphatic carbocycles. The van der Waals surface area contributed by atoms with Crippen molar-refractivity contribution >= 4 is 18.3 Å². The van der Waals surface area contributed by atoms with E-state index in [4.69, 9.17) is 0 Å². The van der Waals surface area contributed by atoms with Crippen LogP contribution in [0.25, 0.3) is 0 Å². The zero-order valence-corrected chi connectivity index (χ0v) is 16.1.